The van der Waals surface area contributed by atoms with Gasteiger partial charge in [0.15, 0.2) is 0 Å². The summed E-state index contributed by atoms with van der Waals surface area (Å²) in [6, 6.07) is 10.6. The molecule has 0 unspecified atom stereocenters. The molecule has 0 bridgehead atoms. The zero-order valence-electron chi connectivity index (χ0n) is 15.7. The normalized spacial score (nSPS) is 14.6. The van der Waals surface area contributed by atoms with E-state index in [9.17, 15) is 4.79 Å². The number of aromatic nitrogens is 3. The second-order valence-corrected chi connectivity index (χ2v) is 8.48. The standard InChI is InChI=1S/C21H24N4OS/c1-14-7-9-16(10-8-14)21-18(27-15(2)23-21)13-20(26)24-19-11-12-22-25(19)17-5-3-4-6-17/h7-12,17H,3-6,13H2,1-2H3,(H,24,26). The van der Waals surface area contributed by atoms with Crippen LogP contribution >= 0.6 is 11.3 Å². The Labute approximate surface area is 163 Å². The summed E-state index contributed by atoms with van der Waals surface area (Å²) in [5, 5.41) is 8.46. The molecule has 0 spiro atoms. The average molecular weight is 381 g/mol. The van der Waals surface area contributed by atoms with Crippen LogP contribution in [0.2, 0.25) is 0 Å². The topological polar surface area (TPSA) is 59.8 Å². The van der Waals surface area contributed by atoms with Crippen LogP contribution in [0.15, 0.2) is 36.5 Å². The number of amides is 1. The average Bonchev–Trinajstić information content (AvgIpc) is 3.37. The fourth-order valence-electron chi connectivity index (χ4n) is 3.71. The Balaban J connectivity index is 1.51. The van der Waals surface area contributed by atoms with Crippen LogP contribution in [0, 0.1) is 13.8 Å². The van der Waals surface area contributed by atoms with E-state index in [2.05, 4.69) is 46.6 Å². The number of carbonyl (C=O) groups excluding carboxylic acids is 1. The van der Waals surface area contributed by atoms with Gasteiger partial charge in [-0.25, -0.2) is 9.67 Å². The van der Waals surface area contributed by atoms with Crippen molar-refractivity contribution in [3.8, 4) is 11.3 Å². The number of nitrogens with one attached hydrogen (secondary N) is 1. The highest BCUT2D eigenvalue weighted by atomic mass is 32.1. The van der Waals surface area contributed by atoms with Gasteiger partial charge in [-0.2, -0.15) is 5.10 Å². The number of carbonyl (C=O) groups is 1. The van der Waals surface area contributed by atoms with Crippen molar-refractivity contribution < 1.29 is 4.79 Å². The molecule has 1 aliphatic carbocycles. The first-order valence-electron chi connectivity index (χ1n) is 9.47. The number of hydrogen-bond acceptors (Lipinski definition) is 4. The van der Waals surface area contributed by atoms with Crippen LogP contribution < -0.4 is 5.32 Å². The zero-order valence-corrected chi connectivity index (χ0v) is 16.6. The van der Waals surface area contributed by atoms with Gasteiger partial charge >= 0.3 is 0 Å². The van der Waals surface area contributed by atoms with E-state index in [0.29, 0.717) is 12.5 Å². The molecule has 2 aromatic heterocycles. The Kier molecular flexibility index (Phi) is 5.07. The van der Waals surface area contributed by atoms with Crippen molar-refractivity contribution in [3.63, 3.8) is 0 Å². The van der Waals surface area contributed by atoms with Crippen LogP contribution in [0.1, 0.15) is 47.2 Å². The minimum atomic E-state index is -0.0215. The molecular weight excluding hydrogens is 356 g/mol. The molecule has 0 aliphatic heterocycles. The maximum absolute atomic E-state index is 12.7. The molecule has 1 aliphatic rings. The second-order valence-electron chi connectivity index (χ2n) is 7.19. The van der Waals surface area contributed by atoms with Gasteiger partial charge in [-0.3, -0.25) is 4.79 Å². The van der Waals surface area contributed by atoms with Crippen molar-refractivity contribution in [1.29, 1.82) is 0 Å². The summed E-state index contributed by atoms with van der Waals surface area (Å²) >= 11 is 1.59. The van der Waals surface area contributed by atoms with Gasteiger partial charge in [-0.1, -0.05) is 42.7 Å². The van der Waals surface area contributed by atoms with Crippen LogP contribution in [-0.2, 0) is 11.2 Å². The van der Waals surface area contributed by atoms with Gasteiger partial charge in [0.1, 0.15) is 5.82 Å². The maximum Gasteiger partial charge on any atom is 0.230 e. The first-order valence-corrected chi connectivity index (χ1v) is 10.3. The summed E-state index contributed by atoms with van der Waals surface area (Å²) in [4.78, 5) is 18.4. The SMILES string of the molecule is Cc1ccc(-c2nc(C)sc2CC(=O)Nc2ccnn2C2CCCC2)cc1. The van der Waals surface area contributed by atoms with E-state index >= 15 is 0 Å². The lowest BCUT2D eigenvalue weighted by atomic mass is 10.1. The number of anilines is 1. The lowest BCUT2D eigenvalue weighted by Crippen LogP contribution is -2.19. The van der Waals surface area contributed by atoms with Crippen LogP contribution in [0.25, 0.3) is 11.3 Å². The molecule has 3 aromatic rings. The highest BCUT2D eigenvalue weighted by Crippen LogP contribution is 2.32. The van der Waals surface area contributed by atoms with Crippen LogP contribution in [0.5, 0.6) is 0 Å². The maximum atomic E-state index is 12.7. The summed E-state index contributed by atoms with van der Waals surface area (Å²) < 4.78 is 1.98. The third-order valence-corrected chi connectivity index (χ3v) is 6.03. The predicted octanol–water partition coefficient (Wildman–Crippen LogP) is 4.92. The molecule has 1 saturated carbocycles. The fraction of sp³-hybridized carbons (Fsp3) is 0.381. The third-order valence-electron chi connectivity index (χ3n) is 5.06. The fourth-order valence-corrected chi connectivity index (χ4v) is 4.67. The highest BCUT2D eigenvalue weighted by Gasteiger charge is 2.21. The monoisotopic (exact) mass is 380 g/mol. The van der Waals surface area contributed by atoms with E-state index in [4.69, 9.17) is 0 Å². The number of hydrogen-bond donors (Lipinski definition) is 1. The van der Waals surface area contributed by atoms with E-state index in [-0.39, 0.29) is 5.91 Å². The molecular formula is C21H24N4OS. The van der Waals surface area contributed by atoms with Crippen molar-refractivity contribution in [2.75, 3.05) is 5.32 Å². The zero-order chi connectivity index (χ0) is 18.8. The Morgan fingerprint density at radius 1 is 1.19 bits per heavy atom. The van der Waals surface area contributed by atoms with E-state index < -0.39 is 0 Å². The first-order chi connectivity index (χ1) is 13.1. The summed E-state index contributed by atoms with van der Waals surface area (Å²) in [5.74, 6) is 0.775. The number of rotatable bonds is 5. The minimum Gasteiger partial charge on any atom is -0.311 e. The molecule has 1 aromatic carbocycles. The molecule has 27 heavy (non-hydrogen) atoms. The van der Waals surface area contributed by atoms with Gasteiger partial charge in [0, 0.05) is 16.5 Å². The molecule has 4 rings (SSSR count). The summed E-state index contributed by atoms with van der Waals surface area (Å²) in [5.41, 5.74) is 3.19. The third kappa shape index (κ3) is 3.95. The minimum absolute atomic E-state index is 0.0215. The Morgan fingerprint density at radius 3 is 2.67 bits per heavy atom. The van der Waals surface area contributed by atoms with Crippen LogP contribution in [0.4, 0.5) is 5.82 Å². The van der Waals surface area contributed by atoms with E-state index in [1.807, 2.05) is 17.7 Å². The summed E-state index contributed by atoms with van der Waals surface area (Å²) in [6.45, 7) is 4.05. The van der Waals surface area contributed by atoms with Crippen molar-refractivity contribution in [3.05, 3.63) is 52.0 Å². The molecule has 1 N–H and O–H groups in total. The van der Waals surface area contributed by atoms with E-state index in [0.717, 1.165) is 39.8 Å². The highest BCUT2D eigenvalue weighted by molar-refractivity contribution is 7.12. The molecule has 2 heterocycles. The molecule has 140 valence electrons. The first kappa shape index (κ1) is 17.9. The van der Waals surface area contributed by atoms with Gasteiger partial charge in [0.05, 0.1) is 29.4 Å². The van der Waals surface area contributed by atoms with E-state index in [1.165, 1.54) is 18.4 Å². The van der Waals surface area contributed by atoms with Gasteiger partial charge in [-0.15, -0.1) is 11.3 Å². The molecule has 1 amide bonds. The Morgan fingerprint density at radius 2 is 1.93 bits per heavy atom. The number of benzene rings is 1. The van der Waals surface area contributed by atoms with Crippen LogP contribution in [-0.4, -0.2) is 20.7 Å². The summed E-state index contributed by atoms with van der Waals surface area (Å²) in [7, 11) is 0. The lowest BCUT2D eigenvalue weighted by Gasteiger charge is -2.14. The van der Waals surface area contributed by atoms with E-state index in [1.54, 1.807) is 17.5 Å². The van der Waals surface area contributed by atoms with Crippen molar-refractivity contribution >= 4 is 23.1 Å². The number of nitrogens with zero attached hydrogens (tertiary/aromatic N) is 3. The Hall–Kier alpha value is -2.47. The van der Waals surface area contributed by atoms with Gasteiger partial charge < -0.3 is 5.32 Å². The molecule has 1 fully saturated rings. The Bertz CT molecular complexity index is 936. The largest absolute Gasteiger partial charge is 0.311 e. The molecule has 0 saturated heterocycles. The van der Waals surface area contributed by atoms with Crippen LogP contribution in [0.3, 0.4) is 0 Å². The molecule has 0 radical (unpaired) electrons. The summed E-state index contributed by atoms with van der Waals surface area (Å²) in [6.07, 6.45) is 6.83. The van der Waals surface area contributed by atoms with Crippen molar-refractivity contribution in [2.45, 2.75) is 52.0 Å². The predicted molar refractivity (Wildman–Crippen MR) is 109 cm³/mol. The molecule has 0 atom stereocenters. The van der Waals surface area contributed by atoms with Gasteiger partial charge in [0.2, 0.25) is 5.91 Å². The molecule has 5 nitrogen and oxygen atoms in total. The van der Waals surface area contributed by atoms with Crippen molar-refractivity contribution in [1.82, 2.24) is 14.8 Å². The lowest BCUT2D eigenvalue weighted by molar-refractivity contribution is -0.115. The van der Waals surface area contributed by atoms with Gasteiger partial charge in [-0.05, 0) is 26.7 Å². The molecule has 6 heteroatoms. The number of aryl methyl sites for hydroxylation is 2. The van der Waals surface area contributed by atoms with Gasteiger partial charge in [0.25, 0.3) is 0 Å². The number of thiazole rings is 1. The smallest absolute Gasteiger partial charge is 0.230 e. The quantitative estimate of drug-likeness (QED) is 0.683. The van der Waals surface area contributed by atoms with Crippen molar-refractivity contribution in [2.24, 2.45) is 0 Å². The second kappa shape index (κ2) is 7.64.